The quantitative estimate of drug-likeness (QED) is 0.530. The SMILES string of the molecule is COc1ccc(C#N)cc1S(=O)(=O)N(Cc1ccccc1)Cc1cnc(C(F)(F)F)nc1. The van der Waals surface area contributed by atoms with E-state index in [1.807, 2.05) is 6.07 Å². The van der Waals surface area contributed by atoms with Crippen LogP contribution in [0, 0.1) is 11.3 Å². The Bertz CT molecular complexity index is 1230. The summed E-state index contributed by atoms with van der Waals surface area (Å²) in [7, 11) is -2.93. The van der Waals surface area contributed by atoms with Gasteiger partial charge in [0.15, 0.2) is 0 Å². The zero-order chi connectivity index (χ0) is 23.4. The van der Waals surface area contributed by atoms with Crippen LogP contribution in [0.5, 0.6) is 5.75 Å². The minimum Gasteiger partial charge on any atom is -0.495 e. The van der Waals surface area contributed by atoms with E-state index in [4.69, 9.17) is 4.74 Å². The van der Waals surface area contributed by atoms with Gasteiger partial charge in [-0.05, 0) is 23.8 Å². The zero-order valence-electron chi connectivity index (χ0n) is 16.7. The molecule has 32 heavy (non-hydrogen) atoms. The first-order valence-electron chi connectivity index (χ1n) is 9.15. The van der Waals surface area contributed by atoms with Gasteiger partial charge in [-0.2, -0.15) is 22.7 Å². The summed E-state index contributed by atoms with van der Waals surface area (Å²) < 4.78 is 71.6. The van der Waals surface area contributed by atoms with E-state index < -0.39 is 22.0 Å². The van der Waals surface area contributed by atoms with Crippen LogP contribution in [0.4, 0.5) is 13.2 Å². The molecule has 0 spiro atoms. The van der Waals surface area contributed by atoms with Crippen molar-refractivity contribution in [2.75, 3.05) is 7.11 Å². The van der Waals surface area contributed by atoms with Crippen molar-refractivity contribution in [3.8, 4) is 11.8 Å². The van der Waals surface area contributed by atoms with E-state index >= 15 is 0 Å². The highest BCUT2D eigenvalue weighted by Crippen LogP contribution is 2.30. The highest BCUT2D eigenvalue weighted by atomic mass is 32.2. The first-order chi connectivity index (χ1) is 15.1. The predicted molar refractivity (Wildman–Crippen MR) is 108 cm³/mol. The predicted octanol–water partition coefficient (Wildman–Crippen LogP) is 3.77. The minimum atomic E-state index is -4.71. The van der Waals surface area contributed by atoms with Gasteiger partial charge < -0.3 is 4.74 Å². The molecule has 0 amide bonds. The number of nitriles is 1. The first kappa shape index (κ1) is 23.2. The summed E-state index contributed by atoms with van der Waals surface area (Å²) in [6.45, 7) is -0.376. The molecule has 0 fully saturated rings. The molecule has 3 rings (SSSR count). The third kappa shape index (κ3) is 5.22. The van der Waals surface area contributed by atoms with Crippen molar-refractivity contribution in [2.45, 2.75) is 24.2 Å². The lowest BCUT2D eigenvalue weighted by molar-refractivity contribution is -0.145. The van der Waals surface area contributed by atoms with Crippen LogP contribution in [0.2, 0.25) is 0 Å². The molecule has 0 saturated heterocycles. The van der Waals surface area contributed by atoms with Crippen LogP contribution in [-0.4, -0.2) is 29.8 Å². The number of sulfonamides is 1. The second-order valence-corrected chi connectivity index (χ2v) is 8.56. The fourth-order valence-corrected chi connectivity index (χ4v) is 4.48. The summed E-state index contributed by atoms with van der Waals surface area (Å²) in [5, 5.41) is 9.18. The van der Waals surface area contributed by atoms with Crippen molar-refractivity contribution in [2.24, 2.45) is 0 Å². The van der Waals surface area contributed by atoms with Crippen LogP contribution >= 0.6 is 0 Å². The molecule has 1 aromatic heterocycles. The lowest BCUT2D eigenvalue weighted by Gasteiger charge is -2.23. The number of rotatable bonds is 7. The molecule has 2 aromatic carbocycles. The van der Waals surface area contributed by atoms with Gasteiger partial charge in [-0.25, -0.2) is 18.4 Å². The second-order valence-electron chi connectivity index (χ2n) is 6.65. The average Bonchev–Trinajstić information content (AvgIpc) is 2.78. The molecule has 0 radical (unpaired) electrons. The summed E-state index contributed by atoms with van der Waals surface area (Å²) in [6.07, 6.45) is -2.84. The van der Waals surface area contributed by atoms with Crippen LogP contribution in [0.3, 0.4) is 0 Å². The maximum absolute atomic E-state index is 13.5. The Hall–Kier alpha value is -3.49. The van der Waals surface area contributed by atoms with Gasteiger partial charge in [0.05, 0.1) is 18.7 Å². The number of hydrogen-bond acceptors (Lipinski definition) is 6. The highest BCUT2D eigenvalue weighted by Gasteiger charge is 2.34. The van der Waals surface area contributed by atoms with E-state index in [1.165, 1.54) is 25.3 Å². The lowest BCUT2D eigenvalue weighted by atomic mass is 10.2. The van der Waals surface area contributed by atoms with E-state index in [2.05, 4.69) is 9.97 Å². The maximum atomic E-state index is 13.5. The first-order valence-corrected chi connectivity index (χ1v) is 10.6. The van der Waals surface area contributed by atoms with Crippen molar-refractivity contribution in [3.05, 3.63) is 83.4 Å². The molecule has 0 unspecified atom stereocenters. The fourth-order valence-electron chi connectivity index (χ4n) is 2.89. The third-order valence-corrected chi connectivity index (χ3v) is 6.24. The average molecular weight is 462 g/mol. The van der Waals surface area contributed by atoms with Gasteiger partial charge in [-0.1, -0.05) is 30.3 Å². The molecule has 0 N–H and O–H groups in total. The van der Waals surface area contributed by atoms with E-state index in [0.29, 0.717) is 5.56 Å². The van der Waals surface area contributed by atoms with Gasteiger partial charge in [0.25, 0.3) is 0 Å². The minimum absolute atomic E-state index is 0.0331. The number of nitrogens with zero attached hydrogens (tertiary/aromatic N) is 4. The number of alkyl halides is 3. The third-order valence-electron chi connectivity index (χ3n) is 4.43. The van der Waals surface area contributed by atoms with Crippen LogP contribution in [0.15, 0.2) is 65.8 Å². The molecule has 0 aliphatic heterocycles. The molecule has 1 heterocycles. The Morgan fingerprint density at radius 3 is 2.22 bits per heavy atom. The molecule has 166 valence electrons. The second kappa shape index (κ2) is 9.33. The molecular formula is C21H17F3N4O3S. The smallest absolute Gasteiger partial charge is 0.451 e. The van der Waals surface area contributed by atoms with Crippen LogP contribution in [0.1, 0.15) is 22.5 Å². The van der Waals surface area contributed by atoms with Crippen molar-refractivity contribution in [1.29, 1.82) is 5.26 Å². The molecule has 0 bridgehead atoms. The van der Waals surface area contributed by atoms with Crippen molar-refractivity contribution >= 4 is 10.0 Å². The summed E-state index contributed by atoms with van der Waals surface area (Å²) >= 11 is 0. The Labute approximate surface area is 182 Å². The van der Waals surface area contributed by atoms with Crippen molar-refractivity contribution in [3.63, 3.8) is 0 Å². The Morgan fingerprint density at radius 2 is 1.66 bits per heavy atom. The topological polar surface area (TPSA) is 96.2 Å². The summed E-state index contributed by atoms with van der Waals surface area (Å²) in [6, 6.07) is 14.5. The Balaban J connectivity index is 2.04. The molecule has 11 heteroatoms. The van der Waals surface area contributed by atoms with E-state index in [1.54, 1.807) is 30.3 Å². The number of hydrogen-bond donors (Lipinski definition) is 0. The van der Waals surface area contributed by atoms with Gasteiger partial charge in [0.2, 0.25) is 15.8 Å². The monoisotopic (exact) mass is 462 g/mol. The van der Waals surface area contributed by atoms with Crippen LogP contribution in [0.25, 0.3) is 0 Å². The molecule has 0 aliphatic rings. The Kier molecular flexibility index (Phi) is 6.76. The molecule has 0 atom stereocenters. The summed E-state index contributed by atoms with van der Waals surface area (Å²) in [4.78, 5) is 6.37. The van der Waals surface area contributed by atoms with E-state index in [0.717, 1.165) is 16.7 Å². The molecule has 7 nitrogen and oxygen atoms in total. The van der Waals surface area contributed by atoms with Gasteiger partial charge in [0.1, 0.15) is 10.6 Å². The van der Waals surface area contributed by atoms with E-state index in [-0.39, 0.29) is 34.9 Å². The molecule has 3 aromatic rings. The number of halogens is 3. The number of ether oxygens (including phenoxy) is 1. The van der Waals surface area contributed by atoms with Gasteiger partial charge in [0, 0.05) is 31.0 Å². The standard InChI is InChI=1S/C21H17F3N4O3S/c1-31-18-8-7-16(10-25)9-19(18)32(29,30)28(13-15-5-3-2-4-6-15)14-17-11-26-20(27-12-17)21(22,23)24/h2-9,11-12H,13-14H2,1H3. The summed E-state index contributed by atoms with van der Waals surface area (Å²) in [5.74, 6) is -1.28. The van der Waals surface area contributed by atoms with Crippen molar-refractivity contribution in [1.82, 2.24) is 14.3 Å². The highest BCUT2D eigenvalue weighted by molar-refractivity contribution is 7.89. The molecular weight excluding hydrogens is 445 g/mol. The van der Waals surface area contributed by atoms with Gasteiger partial charge in [-0.3, -0.25) is 0 Å². The van der Waals surface area contributed by atoms with E-state index in [9.17, 15) is 26.9 Å². The number of aromatic nitrogens is 2. The van der Waals surface area contributed by atoms with Crippen molar-refractivity contribution < 1.29 is 26.3 Å². The number of methoxy groups -OCH3 is 1. The Morgan fingerprint density at radius 1 is 1.03 bits per heavy atom. The molecule has 0 aliphatic carbocycles. The number of benzene rings is 2. The molecule has 0 saturated carbocycles. The lowest BCUT2D eigenvalue weighted by Crippen LogP contribution is -2.31. The summed E-state index contributed by atoms with van der Waals surface area (Å²) in [5.41, 5.74) is 0.925. The normalized spacial score (nSPS) is 11.9. The largest absolute Gasteiger partial charge is 0.495 e. The van der Waals surface area contributed by atoms with Crippen LogP contribution < -0.4 is 4.74 Å². The fraction of sp³-hybridized carbons (Fsp3) is 0.190. The van der Waals surface area contributed by atoms with Gasteiger partial charge >= 0.3 is 6.18 Å². The van der Waals surface area contributed by atoms with Gasteiger partial charge in [-0.15, -0.1) is 0 Å². The maximum Gasteiger partial charge on any atom is 0.451 e. The zero-order valence-corrected chi connectivity index (χ0v) is 17.6. The van der Waals surface area contributed by atoms with Crippen LogP contribution in [-0.2, 0) is 29.3 Å².